The van der Waals surface area contributed by atoms with Crippen molar-refractivity contribution in [3.8, 4) is 0 Å². The molecule has 0 N–H and O–H groups in total. The summed E-state index contributed by atoms with van der Waals surface area (Å²) in [6.07, 6.45) is 0.605. The van der Waals surface area contributed by atoms with Crippen LogP contribution in [0.4, 0.5) is 0 Å². The van der Waals surface area contributed by atoms with E-state index >= 15 is 0 Å². The molecule has 0 aliphatic rings. The molecule has 100 valence electrons. The SMILES string of the molecule is CCOC(=O)C(CC)(C(=O)OCC)S(C)(=O)=O. The van der Waals surface area contributed by atoms with Crippen LogP contribution in [0.25, 0.3) is 0 Å². The first-order valence-electron chi connectivity index (χ1n) is 5.31. The molecule has 0 saturated carbocycles. The molecule has 0 aromatic rings. The number of carbonyl (C=O) groups is 2. The molecule has 0 unspecified atom stereocenters. The molecule has 7 heteroatoms. The Labute approximate surface area is 101 Å². The molecule has 17 heavy (non-hydrogen) atoms. The van der Waals surface area contributed by atoms with Crippen LogP contribution in [-0.2, 0) is 28.9 Å². The number of hydrogen-bond acceptors (Lipinski definition) is 6. The average molecular weight is 266 g/mol. The molecule has 0 heterocycles. The van der Waals surface area contributed by atoms with E-state index in [9.17, 15) is 18.0 Å². The molecule has 0 atom stereocenters. The van der Waals surface area contributed by atoms with Crippen LogP contribution < -0.4 is 0 Å². The van der Waals surface area contributed by atoms with Crippen LogP contribution in [0.3, 0.4) is 0 Å². The highest BCUT2D eigenvalue weighted by Crippen LogP contribution is 2.25. The second-order valence-electron chi connectivity index (χ2n) is 3.39. The van der Waals surface area contributed by atoms with Gasteiger partial charge in [-0.3, -0.25) is 0 Å². The smallest absolute Gasteiger partial charge is 0.339 e. The van der Waals surface area contributed by atoms with Gasteiger partial charge < -0.3 is 9.47 Å². The molecular weight excluding hydrogens is 248 g/mol. The second kappa shape index (κ2) is 6.00. The molecule has 0 aliphatic heterocycles. The van der Waals surface area contributed by atoms with Gasteiger partial charge in [0.05, 0.1) is 13.2 Å². The minimum atomic E-state index is -3.97. The van der Waals surface area contributed by atoms with Gasteiger partial charge in [-0.15, -0.1) is 0 Å². The van der Waals surface area contributed by atoms with Gasteiger partial charge >= 0.3 is 11.9 Å². The fourth-order valence-electron chi connectivity index (χ4n) is 1.43. The van der Waals surface area contributed by atoms with Crippen LogP contribution >= 0.6 is 0 Å². The van der Waals surface area contributed by atoms with E-state index in [1.165, 1.54) is 20.8 Å². The van der Waals surface area contributed by atoms with Crippen molar-refractivity contribution in [3.63, 3.8) is 0 Å². The number of sulfone groups is 1. The summed E-state index contributed by atoms with van der Waals surface area (Å²) in [5.74, 6) is -2.16. The Morgan fingerprint density at radius 3 is 1.53 bits per heavy atom. The monoisotopic (exact) mass is 266 g/mol. The number of ether oxygens (including phenoxy) is 2. The van der Waals surface area contributed by atoms with Crippen molar-refractivity contribution >= 4 is 21.8 Å². The highest BCUT2D eigenvalue weighted by atomic mass is 32.2. The summed E-state index contributed by atoms with van der Waals surface area (Å²) in [4.78, 5) is 23.5. The van der Waals surface area contributed by atoms with Gasteiger partial charge in [0.2, 0.25) is 0 Å². The zero-order valence-corrected chi connectivity index (χ0v) is 11.3. The van der Waals surface area contributed by atoms with Gasteiger partial charge in [-0.05, 0) is 20.3 Å². The third-order valence-electron chi connectivity index (χ3n) is 2.34. The Balaban J connectivity index is 5.63. The normalized spacial score (nSPS) is 12.0. The predicted molar refractivity (Wildman–Crippen MR) is 61.1 cm³/mol. The maximum Gasteiger partial charge on any atom is 0.339 e. The zero-order valence-electron chi connectivity index (χ0n) is 10.5. The van der Waals surface area contributed by atoms with Crippen LogP contribution in [-0.4, -0.2) is 44.6 Å². The average Bonchev–Trinajstić information content (AvgIpc) is 2.18. The molecule has 0 saturated heterocycles. The summed E-state index contributed by atoms with van der Waals surface area (Å²) < 4.78 is 30.5. The van der Waals surface area contributed by atoms with Crippen molar-refractivity contribution in [2.75, 3.05) is 19.5 Å². The van der Waals surface area contributed by atoms with E-state index in [1.54, 1.807) is 0 Å². The molecule has 0 radical (unpaired) electrons. The number of rotatable bonds is 6. The quantitative estimate of drug-likeness (QED) is 0.508. The largest absolute Gasteiger partial charge is 0.464 e. The zero-order chi connectivity index (χ0) is 13.7. The summed E-state index contributed by atoms with van der Waals surface area (Å²) in [6.45, 7) is 4.48. The van der Waals surface area contributed by atoms with Gasteiger partial charge in [0.25, 0.3) is 4.75 Å². The van der Waals surface area contributed by atoms with Crippen LogP contribution in [0.2, 0.25) is 0 Å². The van der Waals surface area contributed by atoms with Crippen LogP contribution in [0, 0.1) is 0 Å². The first-order chi connectivity index (χ1) is 7.77. The Hall–Kier alpha value is -1.11. The van der Waals surface area contributed by atoms with E-state index in [4.69, 9.17) is 0 Å². The lowest BCUT2D eigenvalue weighted by atomic mass is 10.1. The van der Waals surface area contributed by atoms with Gasteiger partial charge in [0.15, 0.2) is 9.84 Å². The van der Waals surface area contributed by atoms with Crippen molar-refractivity contribution in [1.29, 1.82) is 0 Å². The Morgan fingerprint density at radius 1 is 1.00 bits per heavy atom. The van der Waals surface area contributed by atoms with Gasteiger partial charge in [-0.2, -0.15) is 0 Å². The maximum atomic E-state index is 11.8. The molecule has 0 aromatic heterocycles. The minimum absolute atomic E-state index is 0.00446. The fourth-order valence-corrected chi connectivity index (χ4v) is 2.68. The van der Waals surface area contributed by atoms with Crippen molar-refractivity contribution < 1.29 is 27.5 Å². The van der Waals surface area contributed by atoms with Gasteiger partial charge in [-0.1, -0.05) is 6.92 Å². The molecule has 6 nitrogen and oxygen atoms in total. The van der Waals surface area contributed by atoms with E-state index in [2.05, 4.69) is 9.47 Å². The highest BCUT2D eigenvalue weighted by molar-refractivity contribution is 7.93. The first kappa shape index (κ1) is 15.9. The van der Waals surface area contributed by atoms with Gasteiger partial charge in [-0.25, -0.2) is 18.0 Å². The molecule has 0 rings (SSSR count). The van der Waals surface area contributed by atoms with E-state index < -0.39 is 26.5 Å². The van der Waals surface area contributed by atoms with Crippen LogP contribution in [0.1, 0.15) is 27.2 Å². The second-order valence-corrected chi connectivity index (χ2v) is 5.63. The summed E-state index contributed by atoms with van der Waals surface area (Å²) in [6, 6.07) is 0. The lowest BCUT2D eigenvalue weighted by molar-refractivity contribution is -0.159. The number of carbonyl (C=O) groups excluding carboxylic acids is 2. The van der Waals surface area contributed by atoms with Crippen molar-refractivity contribution in [1.82, 2.24) is 0 Å². The van der Waals surface area contributed by atoms with Crippen molar-refractivity contribution in [2.45, 2.75) is 31.9 Å². The highest BCUT2D eigenvalue weighted by Gasteiger charge is 2.56. The van der Waals surface area contributed by atoms with E-state index in [-0.39, 0.29) is 19.6 Å². The molecule has 0 aromatic carbocycles. The minimum Gasteiger partial charge on any atom is -0.464 e. The molecule has 0 bridgehead atoms. The van der Waals surface area contributed by atoms with E-state index in [1.807, 2.05) is 0 Å². The maximum absolute atomic E-state index is 11.8. The topological polar surface area (TPSA) is 86.7 Å². The standard InChI is InChI=1S/C10H18O6S/c1-5-10(17(4,13)14,8(11)15-6-2)9(12)16-7-3/h5-7H2,1-4H3. The number of esters is 2. The fraction of sp³-hybridized carbons (Fsp3) is 0.800. The molecule has 0 aliphatic carbocycles. The Morgan fingerprint density at radius 2 is 1.35 bits per heavy atom. The third kappa shape index (κ3) is 2.96. The first-order valence-corrected chi connectivity index (χ1v) is 7.21. The predicted octanol–water partition coefficient (Wildman–Crippen LogP) is 0.306. The van der Waals surface area contributed by atoms with Gasteiger partial charge in [0, 0.05) is 6.26 Å². The van der Waals surface area contributed by atoms with E-state index in [0.717, 1.165) is 6.26 Å². The van der Waals surface area contributed by atoms with Gasteiger partial charge in [0.1, 0.15) is 0 Å². The van der Waals surface area contributed by atoms with Crippen molar-refractivity contribution in [3.05, 3.63) is 0 Å². The molecule has 0 fully saturated rings. The Bertz CT molecular complexity index is 366. The molecule has 0 amide bonds. The number of hydrogen-bond donors (Lipinski definition) is 0. The third-order valence-corrected chi connectivity index (χ3v) is 4.23. The summed E-state index contributed by atoms with van der Waals surface area (Å²) >= 11 is 0. The van der Waals surface area contributed by atoms with E-state index in [0.29, 0.717) is 0 Å². The molecule has 0 spiro atoms. The summed E-state index contributed by atoms with van der Waals surface area (Å²) in [5, 5.41) is 0. The van der Waals surface area contributed by atoms with Crippen LogP contribution in [0.5, 0.6) is 0 Å². The van der Waals surface area contributed by atoms with Crippen LogP contribution in [0.15, 0.2) is 0 Å². The lowest BCUT2D eigenvalue weighted by Gasteiger charge is -2.25. The lowest BCUT2D eigenvalue weighted by Crippen LogP contribution is -2.54. The summed E-state index contributed by atoms with van der Waals surface area (Å²) in [7, 11) is -3.97. The summed E-state index contributed by atoms with van der Waals surface area (Å²) in [5.41, 5.74) is 0. The molecular formula is C10H18O6S. The Kier molecular flexibility index (Phi) is 5.60. The van der Waals surface area contributed by atoms with Crippen molar-refractivity contribution in [2.24, 2.45) is 0 Å².